The molecule has 0 bridgehead atoms. The quantitative estimate of drug-likeness (QED) is 0.291. The summed E-state index contributed by atoms with van der Waals surface area (Å²) < 4.78 is 11.6. The van der Waals surface area contributed by atoms with Crippen LogP contribution in [0.3, 0.4) is 0 Å². The standard InChI is InChI=1S/C30H26N2O2/c1-3-21-9-18-29-27(19-21)28(20-30(34-29)22-10-16-26(33-2)17-11-22)32-25-14-12-24(13-15-25)31-23-7-5-4-6-8-23/h4-20,31H,3H2,1-2H3. The van der Waals surface area contributed by atoms with E-state index in [1.54, 1.807) is 7.11 Å². The minimum absolute atomic E-state index is 0.764. The molecular weight excluding hydrogens is 420 g/mol. The lowest BCUT2D eigenvalue weighted by atomic mass is 10.1. The fourth-order valence-electron chi connectivity index (χ4n) is 3.87. The van der Waals surface area contributed by atoms with Crippen molar-refractivity contribution in [3.05, 3.63) is 114 Å². The Morgan fingerprint density at radius 1 is 0.794 bits per heavy atom. The summed E-state index contributed by atoms with van der Waals surface area (Å²) in [4.78, 5) is 5.00. The van der Waals surface area contributed by atoms with Crippen molar-refractivity contribution in [1.82, 2.24) is 0 Å². The first-order chi connectivity index (χ1) is 16.7. The van der Waals surface area contributed by atoms with Crippen LogP contribution in [0.2, 0.25) is 0 Å². The fourth-order valence-corrected chi connectivity index (χ4v) is 3.87. The molecule has 5 aromatic rings. The highest BCUT2D eigenvalue weighted by Crippen LogP contribution is 2.26. The Hall–Kier alpha value is -4.31. The minimum Gasteiger partial charge on any atom is -0.497 e. The number of aryl methyl sites for hydroxylation is 1. The van der Waals surface area contributed by atoms with Gasteiger partial charge in [-0.15, -0.1) is 0 Å². The van der Waals surface area contributed by atoms with Crippen LogP contribution in [0.4, 0.5) is 17.1 Å². The van der Waals surface area contributed by atoms with E-state index in [1.165, 1.54) is 5.56 Å². The molecule has 0 saturated heterocycles. The van der Waals surface area contributed by atoms with Gasteiger partial charge in [0.1, 0.15) is 17.1 Å². The third-order valence-corrected chi connectivity index (χ3v) is 5.77. The molecule has 0 fully saturated rings. The van der Waals surface area contributed by atoms with Gasteiger partial charge in [0.05, 0.1) is 18.2 Å². The topological polar surface area (TPSA) is 46.8 Å². The molecule has 1 aromatic heterocycles. The normalized spacial score (nSPS) is 11.5. The largest absolute Gasteiger partial charge is 0.497 e. The number of hydrogen-bond acceptors (Lipinski definition) is 4. The van der Waals surface area contributed by atoms with Gasteiger partial charge in [-0.1, -0.05) is 31.2 Å². The van der Waals surface area contributed by atoms with Crippen molar-refractivity contribution >= 4 is 28.0 Å². The summed E-state index contributed by atoms with van der Waals surface area (Å²) in [6.45, 7) is 2.15. The Balaban J connectivity index is 1.57. The number of benzene rings is 4. The Labute approximate surface area is 199 Å². The smallest absolute Gasteiger partial charge is 0.136 e. The second-order valence-electron chi connectivity index (χ2n) is 8.06. The summed E-state index contributed by atoms with van der Waals surface area (Å²) in [5.41, 5.74) is 5.99. The molecule has 4 heteroatoms. The lowest BCUT2D eigenvalue weighted by molar-refractivity contribution is 0.415. The van der Waals surface area contributed by atoms with Crippen LogP contribution in [0.15, 0.2) is 113 Å². The van der Waals surface area contributed by atoms with E-state index in [4.69, 9.17) is 14.1 Å². The maximum absolute atomic E-state index is 6.27. The Morgan fingerprint density at radius 2 is 1.53 bits per heavy atom. The molecule has 0 aliphatic rings. The summed E-state index contributed by atoms with van der Waals surface area (Å²) in [6, 6.07) is 34.5. The molecule has 0 aliphatic carbocycles. The minimum atomic E-state index is 0.764. The van der Waals surface area contributed by atoms with Gasteiger partial charge in [-0.2, -0.15) is 0 Å². The summed E-state index contributed by atoms with van der Waals surface area (Å²) in [6.07, 6.45) is 0.954. The highest BCUT2D eigenvalue weighted by Gasteiger charge is 2.08. The van der Waals surface area contributed by atoms with Crippen LogP contribution < -0.4 is 15.4 Å². The third-order valence-electron chi connectivity index (χ3n) is 5.77. The second-order valence-corrected chi connectivity index (χ2v) is 8.06. The van der Waals surface area contributed by atoms with Crippen molar-refractivity contribution in [1.29, 1.82) is 0 Å². The highest BCUT2D eigenvalue weighted by atomic mass is 16.5. The van der Waals surface area contributed by atoms with Gasteiger partial charge in [-0.25, -0.2) is 4.99 Å². The van der Waals surface area contributed by atoms with Gasteiger partial charge < -0.3 is 14.5 Å². The van der Waals surface area contributed by atoms with Crippen LogP contribution in [0.5, 0.6) is 5.75 Å². The van der Waals surface area contributed by atoms with Crippen molar-refractivity contribution in [2.24, 2.45) is 4.99 Å². The van der Waals surface area contributed by atoms with E-state index in [2.05, 4.69) is 24.4 Å². The number of rotatable bonds is 6. The first-order valence-electron chi connectivity index (χ1n) is 11.4. The molecular formula is C30H26N2O2. The zero-order chi connectivity index (χ0) is 23.3. The van der Waals surface area contributed by atoms with Gasteiger partial charge in [0.25, 0.3) is 0 Å². The zero-order valence-electron chi connectivity index (χ0n) is 19.3. The monoisotopic (exact) mass is 446 g/mol. The molecule has 4 aromatic carbocycles. The molecule has 0 atom stereocenters. The second kappa shape index (κ2) is 9.67. The van der Waals surface area contributed by atoms with Crippen LogP contribution >= 0.6 is 0 Å². The molecule has 0 amide bonds. The van der Waals surface area contributed by atoms with Gasteiger partial charge in [-0.3, -0.25) is 0 Å². The molecule has 0 spiro atoms. The van der Waals surface area contributed by atoms with E-state index in [0.29, 0.717) is 0 Å². The first kappa shape index (κ1) is 21.5. The van der Waals surface area contributed by atoms with Crippen LogP contribution in [0.1, 0.15) is 12.5 Å². The van der Waals surface area contributed by atoms with E-state index >= 15 is 0 Å². The average Bonchev–Trinajstić information content (AvgIpc) is 2.90. The lowest BCUT2D eigenvalue weighted by Crippen LogP contribution is -2.04. The van der Waals surface area contributed by atoms with E-state index in [-0.39, 0.29) is 0 Å². The molecule has 0 saturated carbocycles. The van der Waals surface area contributed by atoms with Crippen molar-refractivity contribution in [3.8, 4) is 17.1 Å². The molecule has 0 aliphatic heterocycles. The van der Waals surface area contributed by atoms with E-state index in [1.807, 2.05) is 91.0 Å². The van der Waals surface area contributed by atoms with Gasteiger partial charge in [0.15, 0.2) is 0 Å². The van der Waals surface area contributed by atoms with Crippen molar-refractivity contribution in [2.75, 3.05) is 12.4 Å². The Bertz CT molecular complexity index is 1470. The van der Waals surface area contributed by atoms with Gasteiger partial charge in [0.2, 0.25) is 0 Å². The average molecular weight is 447 g/mol. The molecule has 4 nitrogen and oxygen atoms in total. The van der Waals surface area contributed by atoms with Crippen molar-refractivity contribution in [2.45, 2.75) is 13.3 Å². The molecule has 0 unspecified atom stereocenters. The van der Waals surface area contributed by atoms with Gasteiger partial charge >= 0.3 is 0 Å². The van der Waals surface area contributed by atoms with Crippen LogP contribution in [-0.2, 0) is 6.42 Å². The van der Waals surface area contributed by atoms with Crippen LogP contribution in [0, 0.1) is 0 Å². The van der Waals surface area contributed by atoms with Crippen molar-refractivity contribution < 1.29 is 9.15 Å². The van der Waals surface area contributed by atoms with Crippen LogP contribution in [-0.4, -0.2) is 7.11 Å². The SMILES string of the molecule is CCc1ccc2oc(-c3ccc(OC)cc3)cc(=Nc3ccc(Nc4ccccc4)cc3)c2c1. The molecule has 1 N–H and O–H groups in total. The summed E-state index contributed by atoms with van der Waals surface area (Å²) >= 11 is 0. The van der Waals surface area contributed by atoms with E-state index in [9.17, 15) is 0 Å². The number of ether oxygens (including phenoxy) is 1. The lowest BCUT2D eigenvalue weighted by Gasteiger charge is -2.08. The fraction of sp³-hybridized carbons (Fsp3) is 0.100. The number of nitrogens with zero attached hydrogens (tertiary/aromatic N) is 1. The number of anilines is 2. The summed E-state index contributed by atoms with van der Waals surface area (Å²) in [7, 11) is 1.67. The number of methoxy groups -OCH3 is 1. The predicted octanol–water partition coefficient (Wildman–Crippen LogP) is 7.65. The number of hydrogen-bond donors (Lipinski definition) is 1. The number of para-hydroxylation sites is 1. The van der Waals surface area contributed by atoms with Gasteiger partial charge in [-0.05, 0) is 84.8 Å². The molecule has 1 heterocycles. The maximum atomic E-state index is 6.27. The van der Waals surface area contributed by atoms with Crippen LogP contribution in [0.25, 0.3) is 22.3 Å². The van der Waals surface area contributed by atoms with E-state index < -0.39 is 0 Å². The zero-order valence-corrected chi connectivity index (χ0v) is 19.3. The highest BCUT2D eigenvalue weighted by molar-refractivity contribution is 5.79. The molecule has 5 rings (SSSR count). The molecule has 0 radical (unpaired) electrons. The number of nitrogens with one attached hydrogen (secondary N) is 1. The number of fused-ring (bicyclic) bond motifs is 1. The van der Waals surface area contributed by atoms with Crippen molar-refractivity contribution in [3.63, 3.8) is 0 Å². The molecule has 34 heavy (non-hydrogen) atoms. The third kappa shape index (κ3) is 4.71. The Kier molecular flexibility index (Phi) is 6.13. The summed E-state index contributed by atoms with van der Waals surface area (Å²) in [5.74, 6) is 1.58. The maximum Gasteiger partial charge on any atom is 0.136 e. The summed E-state index contributed by atoms with van der Waals surface area (Å²) in [5, 5.41) is 5.30. The first-order valence-corrected chi connectivity index (χ1v) is 11.4. The predicted molar refractivity (Wildman–Crippen MR) is 139 cm³/mol. The molecule has 168 valence electrons. The van der Waals surface area contributed by atoms with E-state index in [0.717, 1.165) is 56.9 Å². The Morgan fingerprint density at radius 3 is 2.24 bits per heavy atom. The van der Waals surface area contributed by atoms with Gasteiger partial charge in [0, 0.05) is 28.4 Å².